The van der Waals surface area contributed by atoms with Crippen LogP contribution in [0.5, 0.6) is 0 Å². The highest BCUT2D eigenvalue weighted by molar-refractivity contribution is 5.57. The maximum atomic E-state index is 5.55. The van der Waals surface area contributed by atoms with Gasteiger partial charge in [-0.2, -0.15) is 0 Å². The monoisotopic (exact) mass is 286 g/mol. The maximum absolute atomic E-state index is 5.55. The summed E-state index contributed by atoms with van der Waals surface area (Å²) < 4.78 is 0. The van der Waals surface area contributed by atoms with Crippen molar-refractivity contribution >= 4 is 11.6 Å². The molecule has 0 saturated carbocycles. The van der Waals surface area contributed by atoms with Crippen LogP contribution in [0, 0.1) is 6.92 Å². The number of rotatable bonds is 6. The fourth-order valence-electron chi connectivity index (χ4n) is 2.12. The quantitative estimate of drug-likeness (QED) is 0.559. The highest BCUT2D eigenvalue weighted by Crippen LogP contribution is 2.24. The molecule has 6 nitrogen and oxygen atoms in total. The fraction of sp³-hybridized carbons (Fsp3) is 0.400. The van der Waals surface area contributed by atoms with Crippen molar-refractivity contribution in [2.45, 2.75) is 39.7 Å². The second-order valence-electron chi connectivity index (χ2n) is 5.00. The molecule has 0 aliphatic heterocycles. The molecule has 2 rings (SSSR count). The molecule has 112 valence electrons. The van der Waals surface area contributed by atoms with E-state index in [0.717, 1.165) is 35.6 Å². The molecular weight excluding hydrogens is 264 g/mol. The van der Waals surface area contributed by atoms with Gasteiger partial charge in [0.1, 0.15) is 17.5 Å². The first-order valence-electron chi connectivity index (χ1n) is 7.16. The zero-order chi connectivity index (χ0) is 15.2. The minimum absolute atomic E-state index is 0.127. The SMILES string of the molecule is CCCc1nc(NN)c(C)c(NC(C)c2ccncc2)n1. The average molecular weight is 286 g/mol. The largest absolute Gasteiger partial charge is 0.363 e. The molecule has 2 aromatic heterocycles. The summed E-state index contributed by atoms with van der Waals surface area (Å²) in [5.41, 5.74) is 4.72. The van der Waals surface area contributed by atoms with Crippen molar-refractivity contribution in [1.29, 1.82) is 0 Å². The van der Waals surface area contributed by atoms with E-state index in [0.29, 0.717) is 5.82 Å². The molecule has 0 saturated heterocycles. The van der Waals surface area contributed by atoms with Gasteiger partial charge >= 0.3 is 0 Å². The summed E-state index contributed by atoms with van der Waals surface area (Å²) >= 11 is 0. The number of nitrogen functional groups attached to an aromatic ring is 1. The zero-order valence-electron chi connectivity index (χ0n) is 12.7. The smallest absolute Gasteiger partial charge is 0.148 e. The average Bonchev–Trinajstić information content (AvgIpc) is 2.51. The molecule has 0 aromatic carbocycles. The molecule has 21 heavy (non-hydrogen) atoms. The standard InChI is InChI=1S/C15H22N6/c1-4-5-13-19-14(10(2)15(20-13)21-16)18-11(3)12-6-8-17-9-7-12/h6-9,11H,4-5,16H2,1-3H3,(H2,18,19,20,21). The number of pyridine rings is 1. The Morgan fingerprint density at radius 2 is 1.86 bits per heavy atom. The minimum Gasteiger partial charge on any atom is -0.363 e. The van der Waals surface area contributed by atoms with Gasteiger partial charge in [0.2, 0.25) is 0 Å². The molecule has 6 heteroatoms. The zero-order valence-corrected chi connectivity index (χ0v) is 12.7. The number of nitrogens with zero attached hydrogens (tertiary/aromatic N) is 3. The van der Waals surface area contributed by atoms with E-state index in [1.54, 1.807) is 12.4 Å². The van der Waals surface area contributed by atoms with Crippen LogP contribution in [-0.4, -0.2) is 15.0 Å². The van der Waals surface area contributed by atoms with Gasteiger partial charge in [-0.3, -0.25) is 4.98 Å². The van der Waals surface area contributed by atoms with Crippen LogP contribution < -0.4 is 16.6 Å². The molecule has 2 aromatic rings. The molecule has 0 bridgehead atoms. The number of hydrogen-bond acceptors (Lipinski definition) is 6. The normalized spacial score (nSPS) is 12.0. The summed E-state index contributed by atoms with van der Waals surface area (Å²) in [5.74, 6) is 7.82. The second-order valence-corrected chi connectivity index (χ2v) is 5.00. The lowest BCUT2D eigenvalue weighted by Gasteiger charge is -2.18. The van der Waals surface area contributed by atoms with Gasteiger partial charge in [-0.15, -0.1) is 0 Å². The van der Waals surface area contributed by atoms with Crippen molar-refractivity contribution in [2.75, 3.05) is 10.7 Å². The Morgan fingerprint density at radius 1 is 1.19 bits per heavy atom. The lowest BCUT2D eigenvalue weighted by Crippen LogP contribution is -2.16. The molecule has 4 N–H and O–H groups in total. The van der Waals surface area contributed by atoms with E-state index in [2.05, 4.69) is 39.5 Å². The molecule has 0 radical (unpaired) electrons. The second kappa shape index (κ2) is 6.99. The number of anilines is 2. The Labute approximate surface area is 125 Å². The number of hydrogen-bond donors (Lipinski definition) is 3. The first-order valence-corrected chi connectivity index (χ1v) is 7.16. The van der Waals surface area contributed by atoms with Gasteiger partial charge in [-0.25, -0.2) is 15.8 Å². The van der Waals surface area contributed by atoms with Crippen LogP contribution in [0.1, 0.15) is 43.3 Å². The predicted octanol–water partition coefficient (Wildman–Crippen LogP) is 2.59. The fourth-order valence-corrected chi connectivity index (χ4v) is 2.12. The van der Waals surface area contributed by atoms with E-state index < -0.39 is 0 Å². The summed E-state index contributed by atoms with van der Waals surface area (Å²) in [5, 5.41) is 3.43. The van der Waals surface area contributed by atoms with Crippen LogP contribution in [0.15, 0.2) is 24.5 Å². The summed E-state index contributed by atoms with van der Waals surface area (Å²) in [4.78, 5) is 13.1. The molecule has 1 atom stereocenters. The van der Waals surface area contributed by atoms with E-state index in [1.807, 2.05) is 19.1 Å². The first-order chi connectivity index (χ1) is 10.2. The van der Waals surface area contributed by atoms with Crippen LogP contribution in [0.25, 0.3) is 0 Å². The van der Waals surface area contributed by atoms with Gasteiger partial charge in [-0.05, 0) is 38.0 Å². The highest BCUT2D eigenvalue weighted by atomic mass is 15.3. The van der Waals surface area contributed by atoms with E-state index in [9.17, 15) is 0 Å². The molecule has 0 aliphatic carbocycles. The summed E-state index contributed by atoms with van der Waals surface area (Å²) in [7, 11) is 0. The third kappa shape index (κ3) is 3.66. The Hall–Kier alpha value is -2.21. The molecule has 0 fully saturated rings. The van der Waals surface area contributed by atoms with Crippen LogP contribution in [0.3, 0.4) is 0 Å². The van der Waals surface area contributed by atoms with Gasteiger partial charge in [-0.1, -0.05) is 6.92 Å². The van der Waals surface area contributed by atoms with Crippen LogP contribution >= 0.6 is 0 Å². The Kier molecular flexibility index (Phi) is 5.05. The van der Waals surface area contributed by atoms with Gasteiger partial charge in [0.15, 0.2) is 0 Å². The van der Waals surface area contributed by atoms with Gasteiger partial charge in [0.05, 0.1) is 6.04 Å². The predicted molar refractivity (Wildman–Crippen MR) is 84.8 cm³/mol. The van der Waals surface area contributed by atoms with Gasteiger partial charge < -0.3 is 10.7 Å². The van der Waals surface area contributed by atoms with Crippen LogP contribution in [0.4, 0.5) is 11.6 Å². The van der Waals surface area contributed by atoms with Crippen molar-refractivity contribution in [3.63, 3.8) is 0 Å². The molecule has 0 amide bonds. The molecule has 1 unspecified atom stereocenters. The van der Waals surface area contributed by atoms with E-state index in [4.69, 9.17) is 5.84 Å². The number of aryl methyl sites for hydroxylation is 1. The first kappa shape index (κ1) is 15.2. The molecule has 0 aliphatic rings. The third-order valence-corrected chi connectivity index (χ3v) is 3.36. The Bertz CT molecular complexity index is 584. The van der Waals surface area contributed by atoms with Crippen LogP contribution in [0.2, 0.25) is 0 Å². The molecule has 2 heterocycles. The highest BCUT2D eigenvalue weighted by Gasteiger charge is 2.13. The lowest BCUT2D eigenvalue weighted by atomic mass is 10.1. The topological polar surface area (TPSA) is 88.8 Å². The van der Waals surface area contributed by atoms with Crippen molar-refractivity contribution in [1.82, 2.24) is 15.0 Å². The third-order valence-electron chi connectivity index (χ3n) is 3.36. The van der Waals surface area contributed by atoms with Crippen molar-refractivity contribution < 1.29 is 0 Å². The van der Waals surface area contributed by atoms with Crippen molar-refractivity contribution in [3.05, 3.63) is 41.5 Å². The van der Waals surface area contributed by atoms with E-state index in [-0.39, 0.29) is 6.04 Å². The molecular formula is C15H22N6. The van der Waals surface area contributed by atoms with Crippen LogP contribution in [-0.2, 0) is 6.42 Å². The van der Waals surface area contributed by atoms with Gasteiger partial charge in [0.25, 0.3) is 0 Å². The lowest BCUT2D eigenvalue weighted by molar-refractivity contribution is 0.814. The summed E-state index contributed by atoms with van der Waals surface area (Å²) in [6.45, 7) is 6.14. The summed E-state index contributed by atoms with van der Waals surface area (Å²) in [6.07, 6.45) is 5.39. The minimum atomic E-state index is 0.127. The number of nitrogens with one attached hydrogen (secondary N) is 2. The van der Waals surface area contributed by atoms with Gasteiger partial charge in [0, 0.05) is 24.4 Å². The van der Waals surface area contributed by atoms with Crippen molar-refractivity contribution in [2.24, 2.45) is 5.84 Å². The number of nitrogens with two attached hydrogens (primary N) is 1. The Morgan fingerprint density at radius 3 is 2.48 bits per heavy atom. The number of hydrazine groups is 1. The maximum Gasteiger partial charge on any atom is 0.148 e. The molecule has 0 spiro atoms. The van der Waals surface area contributed by atoms with E-state index in [1.165, 1.54) is 0 Å². The summed E-state index contributed by atoms with van der Waals surface area (Å²) in [6, 6.07) is 4.11. The number of aromatic nitrogens is 3. The van der Waals surface area contributed by atoms with E-state index >= 15 is 0 Å². The van der Waals surface area contributed by atoms with Crippen molar-refractivity contribution in [3.8, 4) is 0 Å². The Balaban J connectivity index is 2.28.